The van der Waals surface area contributed by atoms with Crippen LogP contribution in [0.1, 0.15) is 23.5 Å². The molecule has 0 aliphatic carbocycles. The Morgan fingerprint density at radius 1 is 1.27 bits per heavy atom. The molecule has 1 fully saturated rings. The highest BCUT2D eigenvalue weighted by molar-refractivity contribution is 8.06. The van der Waals surface area contributed by atoms with Crippen molar-refractivity contribution in [2.24, 2.45) is 0 Å². The van der Waals surface area contributed by atoms with Crippen LogP contribution in [0.25, 0.3) is 0 Å². The first-order chi connectivity index (χ1) is 10.6. The van der Waals surface area contributed by atoms with Crippen molar-refractivity contribution in [3.05, 3.63) is 35.4 Å². The lowest BCUT2D eigenvalue weighted by Gasteiger charge is -2.34. The topological polar surface area (TPSA) is 57.6 Å². The van der Waals surface area contributed by atoms with Crippen molar-refractivity contribution in [1.29, 1.82) is 0 Å². The predicted octanol–water partition coefficient (Wildman–Crippen LogP) is 2.44. The molecule has 6 heteroatoms. The van der Waals surface area contributed by atoms with Gasteiger partial charge in [0.1, 0.15) is 0 Å². The number of hydrogen-bond donors (Lipinski definition) is 1. The molecule has 0 aromatic heterocycles. The molecule has 0 spiro atoms. The maximum Gasteiger partial charge on any atom is 0.312 e. The first-order valence-corrected chi connectivity index (χ1v) is 9.63. The summed E-state index contributed by atoms with van der Waals surface area (Å²) in [5.41, 5.74) is 1.81. The minimum absolute atomic E-state index is 0.0840. The van der Waals surface area contributed by atoms with Crippen LogP contribution in [-0.2, 0) is 16.1 Å². The minimum atomic E-state index is -0.854. The van der Waals surface area contributed by atoms with E-state index >= 15 is 0 Å². The summed E-state index contributed by atoms with van der Waals surface area (Å²) in [6.07, 6.45) is 0.520. The Morgan fingerprint density at radius 3 is 2.82 bits per heavy atom. The van der Waals surface area contributed by atoms with Crippen LogP contribution in [0.3, 0.4) is 0 Å². The van der Waals surface area contributed by atoms with Crippen molar-refractivity contribution in [3.8, 4) is 0 Å². The van der Waals surface area contributed by atoms with E-state index in [9.17, 15) is 14.7 Å². The van der Waals surface area contributed by atoms with Gasteiger partial charge in [-0.3, -0.25) is 9.59 Å². The van der Waals surface area contributed by atoms with Gasteiger partial charge in [0.25, 0.3) is 0 Å². The Morgan fingerprint density at radius 2 is 2.09 bits per heavy atom. The third-order valence-corrected chi connectivity index (χ3v) is 6.98. The van der Waals surface area contributed by atoms with Crippen molar-refractivity contribution < 1.29 is 14.7 Å². The molecule has 0 bridgehead atoms. The molecule has 2 atom stereocenters. The van der Waals surface area contributed by atoms with E-state index in [0.29, 0.717) is 18.2 Å². The normalized spacial score (nSPS) is 24.6. The highest BCUT2D eigenvalue weighted by atomic mass is 32.2. The van der Waals surface area contributed by atoms with E-state index in [1.807, 2.05) is 47.8 Å². The summed E-state index contributed by atoms with van der Waals surface area (Å²) in [6, 6.07) is 7.56. The Hall–Kier alpha value is -1.14. The number of amides is 1. The summed E-state index contributed by atoms with van der Waals surface area (Å²) >= 11 is 3.76. The van der Waals surface area contributed by atoms with Gasteiger partial charge in [0.05, 0.1) is 5.92 Å². The molecule has 1 N–H and O–H groups in total. The number of fused-ring (bicyclic) bond motifs is 1. The Labute approximate surface area is 138 Å². The average Bonchev–Trinajstić information content (AvgIpc) is 2.54. The standard InChI is InChI=1S/C16H19NO3S2/c18-15(7-12-10-21-5-6-22-12)17-8-11-3-1-2-4-13(11)14(9-17)16(19)20/h1-4,12,14H,5-10H2,(H,19,20). The number of nitrogens with zero attached hydrogens (tertiary/aromatic N) is 1. The molecule has 4 nitrogen and oxygen atoms in total. The lowest BCUT2D eigenvalue weighted by Crippen LogP contribution is -2.41. The molecular formula is C16H19NO3S2. The molecule has 0 radical (unpaired) electrons. The fourth-order valence-corrected chi connectivity index (χ4v) is 5.66. The van der Waals surface area contributed by atoms with Gasteiger partial charge in [-0.2, -0.15) is 23.5 Å². The fourth-order valence-electron chi connectivity index (χ4n) is 2.99. The average molecular weight is 337 g/mol. The van der Waals surface area contributed by atoms with Crippen molar-refractivity contribution in [3.63, 3.8) is 0 Å². The fraction of sp³-hybridized carbons (Fsp3) is 0.500. The second-order valence-electron chi connectivity index (χ2n) is 5.64. The van der Waals surface area contributed by atoms with Gasteiger partial charge >= 0.3 is 5.97 Å². The quantitative estimate of drug-likeness (QED) is 0.918. The van der Waals surface area contributed by atoms with Crippen LogP contribution in [0.5, 0.6) is 0 Å². The number of thioether (sulfide) groups is 2. The van der Waals surface area contributed by atoms with Crippen molar-refractivity contribution in [1.82, 2.24) is 4.90 Å². The van der Waals surface area contributed by atoms with Gasteiger partial charge in [0, 0.05) is 42.0 Å². The SMILES string of the molecule is O=C(O)C1CN(C(=O)CC2CSCCS2)Cc2ccccc21. The first-order valence-electron chi connectivity index (χ1n) is 7.43. The molecule has 2 heterocycles. The van der Waals surface area contributed by atoms with Gasteiger partial charge in [0.2, 0.25) is 5.91 Å². The number of carboxylic acids is 1. The van der Waals surface area contributed by atoms with Crippen molar-refractivity contribution >= 4 is 35.4 Å². The number of rotatable bonds is 3. The monoisotopic (exact) mass is 337 g/mol. The third kappa shape index (κ3) is 3.43. The predicted molar refractivity (Wildman–Crippen MR) is 90.4 cm³/mol. The molecule has 2 aliphatic rings. The largest absolute Gasteiger partial charge is 0.481 e. The Bertz CT molecular complexity index is 572. The summed E-state index contributed by atoms with van der Waals surface area (Å²) < 4.78 is 0. The lowest BCUT2D eigenvalue weighted by atomic mass is 9.89. The zero-order chi connectivity index (χ0) is 15.5. The molecule has 118 valence electrons. The number of carbonyl (C=O) groups is 2. The molecular weight excluding hydrogens is 318 g/mol. The third-order valence-electron chi connectivity index (χ3n) is 4.13. The second-order valence-corrected chi connectivity index (χ2v) is 8.19. The Balaban J connectivity index is 1.72. The van der Waals surface area contributed by atoms with Crippen LogP contribution in [0, 0.1) is 0 Å². The smallest absolute Gasteiger partial charge is 0.312 e. The minimum Gasteiger partial charge on any atom is -0.481 e. The van der Waals surface area contributed by atoms with Gasteiger partial charge in [-0.15, -0.1) is 0 Å². The van der Waals surface area contributed by atoms with E-state index in [1.165, 1.54) is 0 Å². The lowest BCUT2D eigenvalue weighted by molar-refractivity contribution is -0.141. The molecule has 1 saturated heterocycles. The number of carboxylic acid groups (broad SMARTS) is 1. The second kappa shape index (κ2) is 6.96. The van der Waals surface area contributed by atoms with E-state index in [4.69, 9.17) is 0 Å². The Kier molecular flexibility index (Phi) is 4.98. The van der Waals surface area contributed by atoms with Crippen molar-refractivity contribution in [2.45, 2.75) is 24.1 Å². The maximum atomic E-state index is 12.6. The van der Waals surface area contributed by atoms with Gasteiger partial charge in [-0.05, 0) is 11.1 Å². The van der Waals surface area contributed by atoms with Crippen LogP contribution >= 0.6 is 23.5 Å². The molecule has 2 unspecified atom stereocenters. The van der Waals surface area contributed by atoms with E-state index in [1.54, 1.807) is 4.90 Å². The van der Waals surface area contributed by atoms with Crippen LogP contribution in [0.4, 0.5) is 0 Å². The highest BCUT2D eigenvalue weighted by Crippen LogP contribution is 2.31. The van der Waals surface area contributed by atoms with E-state index in [-0.39, 0.29) is 12.5 Å². The van der Waals surface area contributed by atoms with E-state index < -0.39 is 11.9 Å². The van der Waals surface area contributed by atoms with E-state index in [2.05, 4.69) is 0 Å². The van der Waals surface area contributed by atoms with Crippen LogP contribution < -0.4 is 0 Å². The number of aliphatic carboxylic acids is 1. The zero-order valence-corrected chi connectivity index (χ0v) is 13.9. The van der Waals surface area contributed by atoms with Gasteiger partial charge in [-0.1, -0.05) is 24.3 Å². The molecule has 0 saturated carbocycles. The maximum absolute atomic E-state index is 12.6. The number of benzene rings is 1. The zero-order valence-electron chi connectivity index (χ0n) is 12.2. The summed E-state index contributed by atoms with van der Waals surface area (Å²) in [7, 11) is 0. The number of hydrogen-bond acceptors (Lipinski definition) is 4. The molecule has 1 amide bonds. The van der Waals surface area contributed by atoms with Crippen molar-refractivity contribution in [2.75, 3.05) is 23.8 Å². The van der Waals surface area contributed by atoms with Crippen LogP contribution in [0.15, 0.2) is 24.3 Å². The first kappa shape index (κ1) is 15.7. The summed E-state index contributed by atoms with van der Waals surface area (Å²) in [6.45, 7) is 0.818. The number of carbonyl (C=O) groups excluding carboxylic acids is 1. The molecule has 2 aliphatic heterocycles. The van der Waals surface area contributed by atoms with Gasteiger partial charge in [0.15, 0.2) is 0 Å². The highest BCUT2D eigenvalue weighted by Gasteiger charge is 2.33. The molecule has 1 aromatic rings. The van der Waals surface area contributed by atoms with E-state index in [0.717, 1.165) is 28.4 Å². The molecule has 22 heavy (non-hydrogen) atoms. The molecule has 1 aromatic carbocycles. The summed E-state index contributed by atoms with van der Waals surface area (Å²) in [5, 5.41) is 9.83. The summed E-state index contributed by atoms with van der Waals surface area (Å²) in [4.78, 5) is 25.8. The molecule has 3 rings (SSSR count). The van der Waals surface area contributed by atoms with Crippen LogP contribution in [0.2, 0.25) is 0 Å². The van der Waals surface area contributed by atoms with Gasteiger partial charge < -0.3 is 10.0 Å². The summed E-state index contributed by atoms with van der Waals surface area (Å²) in [5.74, 6) is 1.90. The van der Waals surface area contributed by atoms with Gasteiger partial charge in [-0.25, -0.2) is 0 Å². The van der Waals surface area contributed by atoms with Crippen LogP contribution in [-0.4, -0.2) is 50.9 Å².